The Hall–Kier alpha value is -2.86. The molecule has 2 aliphatic rings. The molecular formula is C45H68. The Morgan fingerprint density at radius 3 is 1.96 bits per heavy atom. The van der Waals surface area contributed by atoms with Crippen molar-refractivity contribution in [1.29, 1.82) is 0 Å². The molecule has 0 unspecified atom stereocenters. The molecule has 45 heavy (non-hydrogen) atoms. The van der Waals surface area contributed by atoms with Gasteiger partial charge in [-0.3, -0.25) is 0 Å². The molecule has 0 aliphatic heterocycles. The van der Waals surface area contributed by atoms with E-state index in [0.717, 1.165) is 42.2 Å². The van der Waals surface area contributed by atoms with Gasteiger partial charge in [0.15, 0.2) is 0 Å². The highest BCUT2D eigenvalue weighted by molar-refractivity contribution is 5.76. The van der Waals surface area contributed by atoms with E-state index in [4.69, 9.17) is 0 Å². The third kappa shape index (κ3) is 16.3. The summed E-state index contributed by atoms with van der Waals surface area (Å²) < 4.78 is 0. The maximum Gasteiger partial charge on any atom is -0.0162 e. The second-order valence-electron chi connectivity index (χ2n) is 13.2. The van der Waals surface area contributed by atoms with Crippen LogP contribution in [0.25, 0.3) is 11.1 Å². The van der Waals surface area contributed by atoms with Gasteiger partial charge in [0, 0.05) is 0 Å². The standard InChI is InChI=1S/C18H24.C17H24.C7H12.C3H8/c1-6-15(4)16(5)18-12-8-11-17(13-18)10-7-9-14(2)3;1-3-9-16-12-7-8-13-17(16)14(2)15-10-5-4-6-11-15;1-2-7-5-3-4-6-7;1-3-2/h8,11-13H,2,4-7,9-10H2,1,3H3;7-8,12-13,15H,2-6,9-11H2,1H3;2,7H,1,3-6H2;3H2,1-2H3. The van der Waals surface area contributed by atoms with Gasteiger partial charge in [0.25, 0.3) is 0 Å². The highest BCUT2D eigenvalue weighted by Crippen LogP contribution is 2.35. The van der Waals surface area contributed by atoms with Gasteiger partial charge < -0.3 is 0 Å². The lowest BCUT2D eigenvalue weighted by Crippen LogP contribution is -2.09. The number of rotatable bonds is 12. The van der Waals surface area contributed by atoms with Gasteiger partial charge >= 0.3 is 0 Å². The second kappa shape index (κ2) is 24.4. The Labute approximate surface area is 280 Å². The first-order valence-electron chi connectivity index (χ1n) is 18.2. The van der Waals surface area contributed by atoms with Crippen molar-refractivity contribution in [1.82, 2.24) is 0 Å². The van der Waals surface area contributed by atoms with E-state index in [-0.39, 0.29) is 0 Å². The van der Waals surface area contributed by atoms with Crippen LogP contribution in [-0.4, -0.2) is 0 Å². The van der Waals surface area contributed by atoms with Gasteiger partial charge in [-0.1, -0.05) is 153 Å². The lowest BCUT2D eigenvalue weighted by atomic mass is 9.80. The molecule has 248 valence electrons. The van der Waals surface area contributed by atoms with Gasteiger partial charge in [0.05, 0.1) is 0 Å². The maximum atomic E-state index is 4.39. The molecule has 0 heteroatoms. The van der Waals surface area contributed by atoms with Crippen LogP contribution in [0.2, 0.25) is 0 Å². The number of aryl methyl sites for hydroxylation is 2. The Morgan fingerprint density at radius 1 is 0.778 bits per heavy atom. The number of hydrogen-bond acceptors (Lipinski definition) is 0. The van der Waals surface area contributed by atoms with E-state index in [1.54, 1.807) is 0 Å². The topological polar surface area (TPSA) is 0 Å². The fraction of sp³-hybridized carbons (Fsp3) is 0.511. The van der Waals surface area contributed by atoms with Crippen LogP contribution >= 0.6 is 0 Å². The molecule has 0 radical (unpaired) electrons. The molecular weight excluding hydrogens is 540 g/mol. The van der Waals surface area contributed by atoms with Crippen LogP contribution in [0.4, 0.5) is 0 Å². The minimum Gasteiger partial charge on any atom is -0.103 e. The molecule has 0 N–H and O–H groups in total. The zero-order valence-corrected chi connectivity index (χ0v) is 30.2. The van der Waals surface area contributed by atoms with Crippen molar-refractivity contribution in [2.75, 3.05) is 0 Å². The van der Waals surface area contributed by atoms with Crippen molar-refractivity contribution in [2.45, 2.75) is 137 Å². The summed E-state index contributed by atoms with van der Waals surface area (Å²) in [5, 5.41) is 0. The summed E-state index contributed by atoms with van der Waals surface area (Å²) in [5.41, 5.74) is 10.3. The molecule has 0 atom stereocenters. The average Bonchev–Trinajstić information content (AvgIpc) is 3.60. The molecule has 0 amide bonds. The third-order valence-electron chi connectivity index (χ3n) is 8.91. The Morgan fingerprint density at radius 2 is 1.40 bits per heavy atom. The van der Waals surface area contributed by atoms with E-state index >= 15 is 0 Å². The van der Waals surface area contributed by atoms with Gasteiger partial charge in [-0.2, -0.15) is 0 Å². The number of allylic oxidation sites excluding steroid dienone is 5. The van der Waals surface area contributed by atoms with E-state index in [2.05, 4.69) is 122 Å². The Balaban J connectivity index is 0.000000347. The van der Waals surface area contributed by atoms with Crippen molar-refractivity contribution in [3.8, 4) is 0 Å². The highest BCUT2D eigenvalue weighted by Gasteiger charge is 2.18. The van der Waals surface area contributed by atoms with Gasteiger partial charge in [-0.05, 0) is 116 Å². The van der Waals surface area contributed by atoms with Crippen LogP contribution in [0.15, 0.2) is 98.6 Å². The van der Waals surface area contributed by atoms with Crippen molar-refractivity contribution < 1.29 is 0 Å². The van der Waals surface area contributed by atoms with Crippen LogP contribution in [0.1, 0.15) is 147 Å². The first kappa shape index (κ1) is 40.2. The first-order valence-corrected chi connectivity index (χ1v) is 18.2. The van der Waals surface area contributed by atoms with E-state index in [9.17, 15) is 0 Å². The zero-order valence-electron chi connectivity index (χ0n) is 30.2. The molecule has 2 aromatic rings. The molecule has 0 heterocycles. The van der Waals surface area contributed by atoms with Crippen LogP contribution in [0, 0.1) is 11.8 Å². The van der Waals surface area contributed by atoms with Crippen LogP contribution in [-0.2, 0) is 12.8 Å². The summed E-state index contributed by atoms with van der Waals surface area (Å²) >= 11 is 0. The van der Waals surface area contributed by atoms with E-state index in [0.29, 0.717) is 0 Å². The third-order valence-corrected chi connectivity index (χ3v) is 8.91. The number of hydrogen-bond donors (Lipinski definition) is 0. The van der Waals surface area contributed by atoms with Gasteiger partial charge in [0.1, 0.15) is 0 Å². The Bertz CT molecular complexity index is 1150. The average molecular weight is 609 g/mol. The molecule has 2 saturated carbocycles. The Kier molecular flexibility index (Phi) is 21.8. The largest absolute Gasteiger partial charge is 0.103 e. The van der Waals surface area contributed by atoms with E-state index in [1.807, 2.05) is 0 Å². The van der Waals surface area contributed by atoms with Crippen molar-refractivity contribution in [3.05, 3.63) is 121 Å². The number of benzene rings is 2. The predicted octanol–water partition coefficient (Wildman–Crippen LogP) is 14.6. The molecule has 0 bridgehead atoms. The molecule has 0 nitrogen and oxygen atoms in total. The van der Waals surface area contributed by atoms with Crippen molar-refractivity contribution >= 4 is 11.1 Å². The summed E-state index contributed by atoms with van der Waals surface area (Å²) in [5.74, 6) is 1.60. The van der Waals surface area contributed by atoms with Gasteiger partial charge in [-0.25, -0.2) is 0 Å². The molecule has 2 aromatic carbocycles. The normalized spacial score (nSPS) is 14.4. The molecule has 4 rings (SSSR count). The lowest BCUT2D eigenvalue weighted by molar-refractivity contribution is 0.429. The summed E-state index contributed by atoms with van der Waals surface area (Å²) in [4.78, 5) is 0. The maximum absolute atomic E-state index is 4.39. The first-order chi connectivity index (χ1) is 21.7. The fourth-order valence-corrected chi connectivity index (χ4v) is 6.11. The van der Waals surface area contributed by atoms with Gasteiger partial charge in [0.2, 0.25) is 0 Å². The monoisotopic (exact) mass is 609 g/mol. The van der Waals surface area contributed by atoms with Crippen LogP contribution in [0.5, 0.6) is 0 Å². The highest BCUT2D eigenvalue weighted by atomic mass is 14.2. The van der Waals surface area contributed by atoms with Crippen LogP contribution in [0.3, 0.4) is 0 Å². The minimum atomic E-state index is 0.738. The lowest BCUT2D eigenvalue weighted by Gasteiger charge is -2.25. The summed E-state index contributed by atoms with van der Waals surface area (Å²) in [6.07, 6.45) is 22.6. The van der Waals surface area contributed by atoms with Crippen LogP contribution < -0.4 is 0 Å². The molecule has 0 spiro atoms. The molecule has 2 fully saturated rings. The predicted molar refractivity (Wildman–Crippen MR) is 207 cm³/mol. The molecule has 2 aliphatic carbocycles. The van der Waals surface area contributed by atoms with E-state index < -0.39 is 0 Å². The second-order valence-corrected chi connectivity index (χ2v) is 13.2. The van der Waals surface area contributed by atoms with Crippen molar-refractivity contribution in [2.24, 2.45) is 11.8 Å². The zero-order chi connectivity index (χ0) is 33.5. The minimum absolute atomic E-state index is 0.738. The SMILES string of the molecule is C=C(C)CCCc1cccc(C(=C)C(=C)CC)c1.C=C(c1ccccc1CCC)C1CCCCC1.C=CC1CCCC1.CCC. The summed E-state index contributed by atoms with van der Waals surface area (Å²) in [6.45, 7) is 31.0. The summed E-state index contributed by atoms with van der Waals surface area (Å²) in [6, 6.07) is 17.5. The fourth-order valence-electron chi connectivity index (χ4n) is 6.11. The smallest absolute Gasteiger partial charge is 0.0162 e. The summed E-state index contributed by atoms with van der Waals surface area (Å²) in [7, 11) is 0. The van der Waals surface area contributed by atoms with Gasteiger partial charge in [-0.15, -0.1) is 13.2 Å². The molecule has 0 saturated heterocycles. The van der Waals surface area contributed by atoms with Crippen molar-refractivity contribution in [3.63, 3.8) is 0 Å². The van der Waals surface area contributed by atoms with E-state index in [1.165, 1.54) is 117 Å². The quantitative estimate of drug-likeness (QED) is 0.166. The molecule has 0 aromatic heterocycles.